The van der Waals surface area contributed by atoms with Crippen LogP contribution in [0.2, 0.25) is 0 Å². The van der Waals surface area contributed by atoms with E-state index in [9.17, 15) is 9.59 Å². The molecule has 0 amide bonds. The molecule has 8 atom stereocenters. The number of carboxylic acids is 1. The first-order valence-electron chi connectivity index (χ1n) is 14.7. The number of hydrogen-bond donors (Lipinski definition) is 1. The van der Waals surface area contributed by atoms with E-state index < -0.39 is 5.97 Å². The number of carboxylic acid groups (broad SMARTS) is 1. The molecule has 0 aliphatic heterocycles. The van der Waals surface area contributed by atoms with Crippen LogP contribution in [-0.4, -0.2) is 23.1 Å². The van der Waals surface area contributed by atoms with E-state index >= 15 is 0 Å². The van der Waals surface area contributed by atoms with Crippen molar-refractivity contribution in [1.29, 1.82) is 0 Å². The zero-order valence-corrected chi connectivity index (χ0v) is 23.0. The van der Waals surface area contributed by atoms with Gasteiger partial charge in [0.15, 0.2) is 0 Å². The Balaban J connectivity index is 1.40. The molecule has 0 radical (unpaired) electrons. The Morgan fingerprint density at radius 1 is 1.03 bits per heavy atom. The largest absolute Gasteiger partial charge is 0.481 e. The second-order valence-corrected chi connectivity index (χ2v) is 13.5. The fraction of sp³-hybridized carbons (Fsp3) is 0.871. The first-order valence-corrected chi connectivity index (χ1v) is 14.7. The third kappa shape index (κ3) is 5.37. The van der Waals surface area contributed by atoms with Crippen molar-refractivity contribution in [2.75, 3.05) is 0 Å². The average molecular weight is 487 g/mol. The van der Waals surface area contributed by atoms with Gasteiger partial charge in [-0.3, -0.25) is 9.59 Å². The van der Waals surface area contributed by atoms with Crippen molar-refractivity contribution in [3.05, 3.63) is 11.6 Å². The van der Waals surface area contributed by atoms with Crippen molar-refractivity contribution in [3.8, 4) is 0 Å². The summed E-state index contributed by atoms with van der Waals surface area (Å²) < 4.78 is 5.70. The van der Waals surface area contributed by atoms with Gasteiger partial charge in [0, 0.05) is 6.42 Å². The Morgan fingerprint density at radius 3 is 2.51 bits per heavy atom. The first-order chi connectivity index (χ1) is 16.5. The van der Waals surface area contributed by atoms with Crippen molar-refractivity contribution >= 4 is 11.9 Å². The lowest BCUT2D eigenvalue weighted by molar-refractivity contribution is -0.154. The van der Waals surface area contributed by atoms with E-state index in [0.717, 1.165) is 54.8 Å². The fourth-order valence-electron chi connectivity index (χ4n) is 9.21. The number of fused-ring (bicyclic) bond motifs is 5. The summed E-state index contributed by atoms with van der Waals surface area (Å²) in [6.07, 6.45) is 16.0. The Kier molecular flexibility index (Phi) is 8.08. The maximum absolute atomic E-state index is 12.1. The lowest BCUT2D eigenvalue weighted by Gasteiger charge is -2.58. The molecule has 0 bridgehead atoms. The minimum atomic E-state index is -0.942. The van der Waals surface area contributed by atoms with Crippen LogP contribution >= 0.6 is 0 Å². The third-order valence-corrected chi connectivity index (χ3v) is 11.1. The summed E-state index contributed by atoms with van der Waals surface area (Å²) in [6.45, 7) is 12.4. The first kappa shape index (κ1) is 26.7. The highest BCUT2D eigenvalue weighted by molar-refractivity contribution is 5.76. The van der Waals surface area contributed by atoms with Crippen LogP contribution in [0, 0.1) is 46.3 Å². The van der Waals surface area contributed by atoms with Gasteiger partial charge in [0.1, 0.15) is 6.10 Å². The highest BCUT2D eigenvalue weighted by Gasteiger charge is 2.59. The summed E-state index contributed by atoms with van der Waals surface area (Å²) >= 11 is 0. The van der Waals surface area contributed by atoms with Gasteiger partial charge in [-0.1, -0.05) is 65.5 Å². The lowest BCUT2D eigenvalue weighted by Crippen LogP contribution is -2.51. The van der Waals surface area contributed by atoms with Crippen LogP contribution in [0.4, 0.5) is 0 Å². The molecule has 3 fully saturated rings. The average Bonchev–Trinajstić information content (AvgIpc) is 3.15. The molecule has 0 unspecified atom stereocenters. The van der Waals surface area contributed by atoms with Crippen LogP contribution in [0.1, 0.15) is 118 Å². The van der Waals surface area contributed by atoms with Gasteiger partial charge in [-0.15, -0.1) is 0 Å². The van der Waals surface area contributed by atoms with Gasteiger partial charge < -0.3 is 9.84 Å². The van der Waals surface area contributed by atoms with E-state index in [4.69, 9.17) is 9.84 Å². The second-order valence-electron chi connectivity index (χ2n) is 13.5. The van der Waals surface area contributed by atoms with Gasteiger partial charge >= 0.3 is 11.9 Å². The van der Waals surface area contributed by atoms with Crippen LogP contribution in [0.5, 0.6) is 0 Å². The highest BCUT2D eigenvalue weighted by atomic mass is 16.5. The normalized spacial score (nSPS) is 39.3. The molecule has 0 spiro atoms. The van der Waals surface area contributed by atoms with Crippen LogP contribution in [0.25, 0.3) is 0 Å². The molecule has 3 saturated carbocycles. The quantitative estimate of drug-likeness (QED) is 0.267. The maximum atomic E-state index is 12.1. The molecule has 4 nitrogen and oxygen atoms in total. The second kappa shape index (κ2) is 10.6. The summed E-state index contributed by atoms with van der Waals surface area (Å²) in [5, 5.41) is 8.84. The van der Waals surface area contributed by atoms with Gasteiger partial charge in [0.05, 0.1) is 12.8 Å². The minimum Gasteiger partial charge on any atom is -0.481 e. The summed E-state index contributed by atoms with van der Waals surface area (Å²) in [6, 6.07) is 0. The van der Waals surface area contributed by atoms with Crippen LogP contribution in [-0.2, 0) is 14.3 Å². The van der Waals surface area contributed by atoms with Crippen molar-refractivity contribution in [2.24, 2.45) is 46.3 Å². The Morgan fingerprint density at radius 2 is 1.80 bits per heavy atom. The number of hydrogen-bond acceptors (Lipinski definition) is 3. The molecule has 0 aromatic carbocycles. The summed E-state index contributed by atoms with van der Waals surface area (Å²) in [5.41, 5.74) is 2.27. The number of rotatable bonds is 9. The van der Waals surface area contributed by atoms with E-state index in [1.54, 1.807) is 0 Å². The fourth-order valence-corrected chi connectivity index (χ4v) is 9.21. The van der Waals surface area contributed by atoms with Gasteiger partial charge in [-0.05, 0) is 91.3 Å². The number of aliphatic carboxylic acids is 1. The van der Waals surface area contributed by atoms with Crippen LogP contribution in [0.15, 0.2) is 11.6 Å². The zero-order valence-electron chi connectivity index (χ0n) is 23.0. The maximum Gasteiger partial charge on any atom is 0.306 e. The molecule has 4 aliphatic rings. The van der Waals surface area contributed by atoms with Crippen molar-refractivity contribution in [2.45, 2.75) is 124 Å². The van der Waals surface area contributed by atoms with Crippen molar-refractivity contribution in [1.82, 2.24) is 0 Å². The molecule has 35 heavy (non-hydrogen) atoms. The van der Waals surface area contributed by atoms with E-state index in [2.05, 4.69) is 40.7 Å². The molecule has 0 aromatic heterocycles. The van der Waals surface area contributed by atoms with Gasteiger partial charge in [-0.2, -0.15) is 0 Å². The van der Waals surface area contributed by atoms with Gasteiger partial charge in [0.25, 0.3) is 0 Å². The molecule has 0 saturated heterocycles. The number of ether oxygens (including phenoxy) is 1. The van der Waals surface area contributed by atoms with Gasteiger partial charge in [-0.25, -0.2) is 0 Å². The van der Waals surface area contributed by atoms with Gasteiger partial charge in [0.2, 0.25) is 0 Å². The highest BCUT2D eigenvalue weighted by Crippen LogP contribution is 2.67. The van der Waals surface area contributed by atoms with E-state index in [-0.39, 0.29) is 30.3 Å². The number of carbonyl (C=O) groups excluding carboxylic acids is 1. The number of carbonyl (C=O) groups is 2. The molecular formula is C31H50O4. The molecule has 198 valence electrons. The Bertz CT molecular complexity index is 815. The van der Waals surface area contributed by atoms with E-state index in [1.807, 2.05) is 0 Å². The number of esters is 1. The van der Waals surface area contributed by atoms with E-state index in [1.165, 1.54) is 56.9 Å². The number of allylic oxidation sites excluding steroid dienone is 1. The van der Waals surface area contributed by atoms with Crippen LogP contribution < -0.4 is 0 Å². The summed E-state index contributed by atoms with van der Waals surface area (Å²) in [4.78, 5) is 22.9. The molecule has 4 rings (SSSR count). The summed E-state index contributed by atoms with van der Waals surface area (Å²) in [5.74, 6) is 3.68. The SMILES string of the molecule is CC(C)CCC[C@H](C)[C@H]1CC[C@H]2[C@@H]3CC=C4C[C@@H](OC(=O)CCC(=O)O)CC[C@]4(C)[C@H]3CC[C@]12C. The predicted octanol–water partition coefficient (Wildman–Crippen LogP) is 7.80. The topological polar surface area (TPSA) is 63.6 Å². The standard InChI is InChI=1S/C31H50O4/c1-20(2)7-6-8-21(3)25-11-12-26-24-10-9-22-19-23(35-29(34)14-13-28(32)33)15-17-30(22,4)27(24)16-18-31(25,26)5/h9,20-21,23-27H,6-8,10-19H2,1-5H3,(H,32,33)/t21-,23-,24-,25+,26-,27-,30-,31+/m0/s1. The Labute approximate surface area is 213 Å². The Hall–Kier alpha value is -1.32. The van der Waals surface area contributed by atoms with Crippen molar-refractivity contribution < 1.29 is 19.4 Å². The van der Waals surface area contributed by atoms with Crippen LogP contribution in [0.3, 0.4) is 0 Å². The zero-order chi connectivity index (χ0) is 25.4. The molecule has 0 heterocycles. The molecule has 1 N–H and O–H groups in total. The monoisotopic (exact) mass is 486 g/mol. The van der Waals surface area contributed by atoms with Crippen molar-refractivity contribution in [3.63, 3.8) is 0 Å². The molecule has 4 heteroatoms. The molecular weight excluding hydrogens is 436 g/mol. The third-order valence-electron chi connectivity index (χ3n) is 11.1. The smallest absolute Gasteiger partial charge is 0.306 e. The van der Waals surface area contributed by atoms with E-state index in [0.29, 0.717) is 5.41 Å². The molecule has 4 aliphatic carbocycles. The summed E-state index contributed by atoms with van der Waals surface area (Å²) in [7, 11) is 0. The lowest BCUT2D eigenvalue weighted by atomic mass is 9.47. The minimum absolute atomic E-state index is 0.0236. The molecule has 0 aromatic rings. The predicted molar refractivity (Wildman–Crippen MR) is 140 cm³/mol.